The van der Waals surface area contributed by atoms with Crippen molar-refractivity contribution >= 4 is 5.97 Å². The van der Waals surface area contributed by atoms with Gasteiger partial charge in [-0.25, -0.2) is 4.79 Å². The van der Waals surface area contributed by atoms with Gasteiger partial charge in [-0.15, -0.1) is 0 Å². The molecular weight excluding hydrogens is 272 g/mol. The first-order valence-corrected chi connectivity index (χ1v) is 7.33. The number of methoxy groups -OCH3 is 1. The summed E-state index contributed by atoms with van der Waals surface area (Å²) in [5.74, 6) is -0.911. The molecule has 0 bridgehead atoms. The first-order chi connectivity index (χ1) is 9.99. The predicted octanol–water partition coefficient (Wildman–Crippen LogP) is 1.59. The molecule has 1 N–H and O–H groups in total. The van der Waals surface area contributed by atoms with Gasteiger partial charge in [-0.2, -0.15) is 4.98 Å². The maximum absolute atomic E-state index is 12.3. The molecule has 0 spiro atoms. The Labute approximate surface area is 124 Å². The van der Waals surface area contributed by atoms with E-state index in [0.717, 1.165) is 12.1 Å². The summed E-state index contributed by atoms with van der Waals surface area (Å²) in [4.78, 5) is 27.6. The van der Waals surface area contributed by atoms with Crippen molar-refractivity contribution in [3.05, 3.63) is 27.4 Å². The molecule has 1 heterocycles. The molecule has 21 heavy (non-hydrogen) atoms. The van der Waals surface area contributed by atoms with Gasteiger partial charge in [0.15, 0.2) is 0 Å². The van der Waals surface area contributed by atoms with Crippen molar-refractivity contribution in [3.63, 3.8) is 0 Å². The summed E-state index contributed by atoms with van der Waals surface area (Å²) in [6.07, 6.45) is 1.75. The number of aliphatic carboxylic acids is 1. The summed E-state index contributed by atoms with van der Waals surface area (Å²) >= 11 is 0. The van der Waals surface area contributed by atoms with Gasteiger partial charge < -0.3 is 9.84 Å². The highest BCUT2D eigenvalue weighted by Crippen LogP contribution is 2.19. The molecule has 1 aromatic rings. The second-order valence-electron chi connectivity index (χ2n) is 4.93. The second-order valence-corrected chi connectivity index (χ2v) is 4.93. The molecule has 1 atom stereocenters. The van der Waals surface area contributed by atoms with Crippen LogP contribution >= 0.6 is 0 Å². The van der Waals surface area contributed by atoms with Crippen molar-refractivity contribution in [2.45, 2.75) is 52.5 Å². The van der Waals surface area contributed by atoms with E-state index in [4.69, 9.17) is 9.84 Å². The highest BCUT2D eigenvalue weighted by atomic mass is 16.5. The number of rotatable bonds is 8. The Morgan fingerprint density at radius 3 is 2.43 bits per heavy atom. The van der Waals surface area contributed by atoms with E-state index in [0.29, 0.717) is 30.7 Å². The van der Waals surface area contributed by atoms with Crippen LogP contribution in [0.25, 0.3) is 0 Å². The number of carboxylic acid groups (broad SMARTS) is 1. The zero-order chi connectivity index (χ0) is 16.0. The van der Waals surface area contributed by atoms with Crippen LogP contribution in [0.3, 0.4) is 0 Å². The van der Waals surface area contributed by atoms with E-state index >= 15 is 0 Å². The smallest absolute Gasteiger partial charge is 0.348 e. The molecule has 6 heteroatoms. The third kappa shape index (κ3) is 3.91. The van der Waals surface area contributed by atoms with Crippen LogP contribution in [0.5, 0.6) is 0 Å². The zero-order valence-corrected chi connectivity index (χ0v) is 13.2. The number of carboxylic acids is 1. The molecular formula is C15H24N2O4. The molecule has 0 fully saturated rings. The van der Waals surface area contributed by atoms with Crippen molar-refractivity contribution in [1.29, 1.82) is 0 Å². The molecule has 0 aliphatic rings. The van der Waals surface area contributed by atoms with Crippen LogP contribution in [0.1, 0.15) is 50.2 Å². The molecule has 6 nitrogen and oxygen atoms in total. The molecule has 0 aliphatic heterocycles. The Hall–Kier alpha value is -1.69. The number of nitrogens with zero attached hydrogens (tertiary/aromatic N) is 2. The van der Waals surface area contributed by atoms with Gasteiger partial charge in [0.1, 0.15) is 0 Å². The number of hydrogen-bond acceptors (Lipinski definition) is 4. The molecule has 0 radical (unpaired) electrons. The summed E-state index contributed by atoms with van der Waals surface area (Å²) in [5.41, 5.74) is 1.70. The normalized spacial score (nSPS) is 12.4. The minimum absolute atomic E-state index is 0.108. The van der Waals surface area contributed by atoms with Gasteiger partial charge in [0.2, 0.25) is 0 Å². The lowest BCUT2D eigenvalue weighted by molar-refractivity contribution is -0.136. The third-order valence-electron chi connectivity index (χ3n) is 3.62. The molecule has 0 aliphatic carbocycles. The Morgan fingerprint density at radius 2 is 2.00 bits per heavy atom. The summed E-state index contributed by atoms with van der Waals surface area (Å²) in [5, 5.41) is 9.13. The van der Waals surface area contributed by atoms with E-state index in [-0.39, 0.29) is 18.2 Å². The summed E-state index contributed by atoms with van der Waals surface area (Å²) in [6, 6.07) is -0.122. The quantitative estimate of drug-likeness (QED) is 0.788. The fourth-order valence-corrected chi connectivity index (χ4v) is 2.64. The van der Waals surface area contributed by atoms with E-state index in [1.54, 1.807) is 11.7 Å². The maximum Gasteiger partial charge on any atom is 0.348 e. The molecule has 0 amide bonds. The number of hydrogen-bond donors (Lipinski definition) is 1. The van der Waals surface area contributed by atoms with Gasteiger partial charge >= 0.3 is 11.7 Å². The van der Waals surface area contributed by atoms with Crippen molar-refractivity contribution in [3.8, 4) is 0 Å². The van der Waals surface area contributed by atoms with Crippen LogP contribution in [-0.4, -0.2) is 34.3 Å². The monoisotopic (exact) mass is 296 g/mol. The van der Waals surface area contributed by atoms with Crippen LogP contribution in [0.4, 0.5) is 0 Å². The Balaban J connectivity index is 3.55. The Kier molecular flexibility index (Phi) is 6.55. The van der Waals surface area contributed by atoms with Crippen LogP contribution < -0.4 is 5.69 Å². The summed E-state index contributed by atoms with van der Waals surface area (Å²) in [7, 11) is 1.59. The van der Waals surface area contributed by atoms with Crippen LogP contribution in [0.2, 0.25) is 0 Å². The van der Waals surface area contributed by atoms with Gasteiger partial charge in [-0.3, -0.25) is 9.36 Å². The van der Waals surface area contributed by atoms with Gasteiger partial charge in [-0.05, 0) is 19.3 Å². The van der Waals surface area contributed by atoms with Gasteiger partial charge in [0.05, 0.1) is 24.8 Å². The van der Waals surface area contributed by atoms with Gasteiger partial charge in [0, 0.05) is 18.4 Å². The first kappa shape index (κ1) is 17.4. The summed E-state index contributed by atoms with van der Waals surface area (Å²) < 4.78 is 6.79. The minimum atomic E-state index is -0.911. The third-order valence-corrected chi connectivity index (χ3v) is 3.62. The average Bonchev–Trinajstić information content (AvgIpc) is 2.45. The largest absolute Gasteiger partial charge is 0.481 e. The fourth-order valence-electron chi connectivity index (χ4n) is 2.64. The zero-order valence-electron chi connectivity index (χ0n) is 13.2. The molecule has 1 aromatic heterocycles. The number of carbonyl (C=O) groups is 1. The number of aryl methyl sites for hydroxylation is 1. The highest BCUT2D eigenvalue weighted by molar-refractivity contribution is 5.71. The van der Waals surface area contributed by atoms with Crippen molar-refractivity contribution in [1.82, 2.24) is 9.55 Å². The van der Waals surface area contributed by atoms with E-state index < -0.39 is 5.97 Å². The number of aromatic nitrogens is 2. The lowest BCUT2D eigenvalue weighted by Gasteiger charge is -2.23. The van der Waals surface area contributed by atoms with Crippen molar-refractivity contribution in [2.24, 2.45) is 0 Å². The topological polar surface area (TPSA) is 81.4 Å². The minimum Gasteiger partial charge on any atom is -0.481 e. The first-order valence-electron chi connectivity index (χ1n) is 7.33. The van der Waals surface area contributed by atoms with Crippen LogP contribution in [0.15, 0.2) is 4.79 Å². The Bertz CT molecular complexity index is 551. The van der Waals surface area contributed by atoms with Gasteiger partial charge in [-0.1, -0.05) is 20.8 Å². The van der Waals surface area contributed by atoms with Crippen molar-refractivity contribution < 1.29 is 14.6 Å². The van der Waals surface area contributed by atoms with E-state index in [9.17, 15) is 9.59 Å². The molecule has 118 valence electrons. The lowest BCUT2D eigenvalue weighted by atomic mass is 10.0. The maximum atomic E-state index is 12.3. The Morgan fingerprint density at radius 1 is 1.33 bits per heavy atom. The molecule has 0 saturated heterocycles. The van der Waals surface area contributed by atoms with Crippen LogP contribution in [0, 0.1) is 0 Å². The van der Waals surface area contributed by atoms with Crippen molar-refractivity contribution in [2.75, 3.05) is 13.7 Å². The van der Waals surface area contributed by atoms with E-state index in [2.05, 4.69) is 4.98 Å². The van der Waals surface area contributed by atoms with Gasteiger partial charge in [0.25, 0.3) is 0 Å². The molecule has 0 aromatic carbocycles. The average molecular weight is 296 g/mol. The molecule has 1 rings (SSSR count). The SMILES string of the molecule is CCc1nc(=O)n(C(CC)COC)c(CC)c1CC(=O)O. The van der Waals surface area contributed by atoms with Crippen LogP contribution in [-0.2, 0) is 28.8 Å². The van der Waals surface area contributed by atoms with E-state index in [1.807, 2.05) is 20.8 Å². The summed E-state index contributed by atoms with van der Waals surface area (Å²) in [6.45, 7) is 6.18. The standard InChI is InChI=1S/C15H24N2O4/c1-5-10(9-21-4)17-13(7-3)11(8-14(18)19)12(6-2)16-15(17)20/h10H,5-9H2,1-4H3,(H,18,19). The number of ether oxygens (including phenoxy) is 1. The second kappa shape index (κ2) is 7.93. The fraction of sp³-hybridized carbons (Fsp3) is 0.667. The molecule has 0 saturated carbocycles. The molecule has 1 unspecified atom stereocenters. The predicted molar refractivity (Wildman–Crippen MR) is 79.8 cm³/mol. The lowest BCUT2D eigenvalue weighted by Crippen LogP contribution is -2.34. The van der Waals surface area contributed by atoms with E-state index in [1.165, 1.54) is 0 Å². The highest BCUT2D eigenvalue weighted by Gasteiger charge is 2.21.